The maximum absolute atomic E-state index is 7.70. The van der Waals surface area contributed by atoms with E-state index >= 15 is 0 Å². The second-order valence-electron chi connectivity index (χ2n) is 27.1. The number of fused-ring (bicyclic) bond motifs is 14. The molecule has 8 aliphatic carbocycles. The Hall–Kier alpha value is -8.28. The fourth-order valence-electron chi connectivity index (χ4n) is 16.7. The van der Waals surface area contributed by atoms with Crippen LogP contribution in [-0.2, 0) is 4.74 Å². The number of ether oxygens (including phenoxy) is 2. The van der Waals surface area contributed by atoms with Gasteiger partial charge in [0, 0.05) is 68.2 Å². The minimum absolute atomic E-state index is 0.0150. The molecule has 0 saturated heterocycles. The second-order valence-corrected chi connectivity index (χ2v) is 27.1. The van der Waals surface area contributed by atoms with E-state index in [2.05, 4.69) is 264 Å². The average molecular weight is 1080 g/mol. The smallest absolute Gasteiger partial charge is 0.148 e. The second kappa shape index (κ2) is 17.9. The van der Waals surface area contributed by atoms with Crippen LogP contribution >= 0.6 is 0 Å². The van der Waals surface area contributed by atoms with Gasteiger partial charge in [0.15, 0.2) is 0 Å². The summed E-state index contributed by atoms with van der Waals surface area (Å²) in [5, 5.41) is 3.45. The summed E-state index contributed by atoms with van der Waals surface area (Å²) in [5.74, 6) is 4.52. The molecule has 2 aliphatic heterocycles. The van der Waals surface area contributed by atoms with Crippen LogP contribution < -0.4 is 14.5 Å². The monoisotopic (exact) mass is 1080 g/mol. The predicted octanol–water partition coefficient (Wildman–Crippen LogP) is 19.8. The van der Waals surface area contributed by atoms with Crippen molar-refractivity contribution >= 4 is 50.1 Å². The third-order valence-electron chi connectivity index (χ3n) is 20.5. The summed E-state index contributed by atoms with van der Waals surface area (Å²) in [6.45, 7) is 13.9. The molecular formula is C78H70N2O3. The zero-order chi connectivity index (χ0) is 55.7. The quantitative estimate of drug-likeness (QED) is 0.152. The molecule has 5 nitrogen and oxygen atoms in total. The Morgan fingerprint density at radius 2 is 1.37 bits per heavy atom. The van der Waals surface area contributed by atoms with E-state index in [1.165, 1.54) is 72.6 Å². The van der Waals surface area contributed by atoms with Gasteiger partial charge in [0.1, 0.15) is 35.1 Å². The summed E-state index contributed by atoms with van der Waals surface area (Å²) >= 11 is 0. The Morgan fingerprint density at radius 3 is 2.17 bits per heavy atom. The maximum Gasteiger partial charge on any atom is 0.148 e. The molecule has 1 spiro atoms. The zero-order valence-electron chi connectivity index (χ0n) is 48.4. The fraction of sp³-hybridized carbons (Fsp3) is 0.282. The van der Waals surface area contributed by atoms with Crippen molar-refractivity contribution in [3.8, 4) is 16.9 Å². The van der Waals surface area contributed by atoms with E-state index < -0.39 is 0 Å². The topological polar surface area (TPSA) is 38.1 Å². The SMILES string of the molecule is CC(C)(C)C1=CCCC2=C1OC1C3C(N(c4ccc(-c5ccccc5)cc4)C4C5c6oc7c(cc(N(c8ccc(C9=CCCC=C9)cc8)c8cccc9c8OC8C(C(C)(C)C)=CC=CC98)c8ccccc87)c6C6C=CC=CC6C54)=CC=CC213. The van der Waals surface area contributed by atoms with Crippen molar-refractivity contribution in [3.05, 3.63) is 263 Å². The Labute approximate surface area is 488 Å². The van der Waals surface area contributed by atoms with Crippen LogP contribution in [0.15, 0.2) is 245 Å². The van der Waals surface area contributed by atoms with E-state index in [9.17, 15) is 0 Å². The first-order chi connectivity index (χ1) is 40.5. The summed E-state index contributed by atoms with van der Waals surface area (Å²) in [6.07, 6.45) is 37.4. The Bertz CT molecular complexity index is 4230. The molecule has 0 amide bonds. The molecule has 0 bridgehead atoms. The van der Waals surface area contributed by atoms with E-state index in [-0.39, 0.29) is 64.1 Å². The number of para-hydroxylation sites is 1. The molecular weight excluding hydrogens is 1010 g/mol. The standard InChI is InChI=1S/C78H70N2O3/c1-76(2,3)59-31-17-29-56-57-30-18-34-63(72(57)82-71(56)59)79(50-40-36-48(37-41-50)46-21-9-7-10-22-46)64-45-58-65-53-26-14-15-27-54(53)66-67(74(65)81-70(58)55-28-16-13-25-52(55)64)69(66)80(51-42-38-49(39-43-51)47-23-11-8-12-24-47)62-35-20-44-78-61-33-19-32-60(77(4,5)6)73(61)83-75(78)68(62)78/h8-9,11-18,20-32,34-45,53-54,56,66-69,71,75H,7,10,19,33H2,1-6H3. The van der Waals surface area contributed by atoms with Gasteiger partial charge in [-0.2, -0.15) is 0 Å². The average Bonchev–Trinajstić information content (AvgIpc) is 1.51. The van der Waals surface area contributed by atoms with Gasteiger partial charge in [0.25, 0.3) is 0 Å². The van der Waals surface area contributed by atoms with Gasteiger partial charge in [-0.05, 0) is 130 Å². The van der Waals surface area contributed by atoms with Crippen molar-refractivity contribution < 1.29 is 13.9 Å². The number of hydrogen-bond donors (Lipinski definition) is 0. The lowest BCUT2D eigenvalue weighted by molar-refractivity contribution is 0.190. The Balaban J connectivity index is 0.831. The van der Waals surface area contributed by atoms with Crippen LogP contribution in [0.5, 0.6) is 5.75 Å². The third-order valence-corrected chi connectivity index (χ3v) is 20.5. The summed E-state index contributed by atoms with van der Waals surface area (Å²) in [5.41, 5.74) is 18.4. The Kier molecular flexibility index (Phi) is 10.6. The lowest BCUT2D eigenvalue weighted by Crippen LogP contribution is -2.32. The van der Waals surface area contributed by atoms with Gasteiger partial charge in [0.2, 0.25) is 0 Å². The minimum atomic E-state index is -0.122. The molecule has 83 heavy (non-hydrogen) atoms. The first-order valence-corrected chi connectivity index (χ1v) is 30.7. The molecule has 7 aromatic rings. The maximum atomic E-state index is 7.70. The molecule has 10 aliphatic rings. The highest BCUT2D eigenvalue weighted by Gasteiger charge is 2.76. The van der Waals surface area contributed by atoms with E-state index in [0.29, 0.717) is 5.92 Å². The van der Waals surface area contributed by atoms with Crippen LogP contribution in [0.25, 0.3) is 38.4 Å². The lowest BCUT2D eigenvalue weighted by Gasteiger charge is -2.35. The van der Waals surface area contributed by atoms with Crippen LogP contribution in [0.2, 0.25) is 0 Å². The molecule has 6 aromatic carbocycles. The van der Waals surface area contributed by atoms with Gasteiger partial charge in [0.05, 0.1) is 22.7 Å². The minimum Gasteiger partial charge on any atom is -0.488 e. The van der Waals surface area contributed by atoms with Crippen molar-refractivity contribution in [2.75, 3.05) is 9.80 Å². The first-order valence-electron chi connectivity index (χ1n) is 30.7. The highest BCUT2D eigenvalue weighted by atomic mass is 16.5. The van der Waals surface area contributed by atoms with Crippen LogP contribution in [0.3, 0.4) is 0 Å². The van der Waals surface area contributed by atoms with Gasteiger partial charge in [-0.3, -0.25) is 0 Å². The molecule has 1 aromatic heterocycles. The number of anilines is 4. The molecule has 3 heterocycles. The van der Waals surface area contributed by atoms with E-state index in [1.54, 1.807) is 0 Å². The molecule has 10 unspecified atom stereocenters. The summed E-state index contributed by atoms with van der Waals surface area (Å²) in [6, 6.07) is 47.9. The number of nitrogens with zero attached hydrogens (tertiary/aromatic N) is 2. The number of rotatable bonds is 8. The van der Waals surface area contributed by atoms with Gasteiger partial charge in [-0.25, -0.2) is 0 Å². The van der Waals surface area contributed by atoms with Crippen molar-refractivity contribution in [2.45, 2.75) is 103 Å². The van der Waals surface area contributed by atoms with Crippen molar-refractivity contribution in [1.29, 1.82) is 0 Å². The van der Waals surface area contributed by atoms with E-state index in [1.807, 2.05) is 0 Å². The lowest BCUT2D eigenvalue weighted by atomic mass is 9.74. The fourth-order valence-corrected chi connectivity index (χ4v) is 16.7. The molecule has 2 saturated carbocycles. The molecule has 0 radical (unpaired) electrons. The Morgan fingerprint density at radius 1 is 0.614 bits per heavy atom. The van der Waals surface area contributed by atoms with Gasteiger partial charge < -0.3 is 23.7 Å². The van der Waals surface area contributed by atoms with Gasteiger partial charge >= 0.3 is 0 Å². The largest absolute Gasteiger partial charge is 0.488 e. The summed E-state index contributed by atoms with van der Waals surface area (Å²) in [4.78, 5) is 5.27. The molecule has 0 N–H and O–H groups in total. The normalized spacial score (nSPS) is 28.0. The number of benzene rings is 6. The van der Waals surface area contributed by atoms with Crippen molar-refractivity contribution in [3.63, 3.8) is 0 Å². The number of allylic oxidation sites excluding steroid dienone is 14. The van der Waals surface area contributed by atoms with Crippen molar-refractivity contribution in [2.24, 2.45) is 34.0 Å². The van der Waals surface area contributed by atoms with Crippen LogP contribution in [0.1, 0.15) is 107 Å². The zero-order valence-corrected chi connectivity index (χ0v) is 48.4. The highest BCUT2D eigenvalue weighted by Crippen LogP contribution is 2.75. The van der Waals surface area contributed by atoms with E-state index in [4.69, 9.17) is 13.9 Å². The van der Waals surface area contributed by atoms with Crippen LogP contribution in [-0.4, -0.2) is 18.2 Å². The molecule has 5 heteroatoms. The van der Waals surface area contributed by atoms with Gasteiger partial charge in [-0.1, -0.05) is 212 Å². The summed E-state index contributed by atoms with van der Waals surface area (Å²) < 4.78 is 22.4. The molecule has 17 rings (SSSR count). The number of hydrogen-bond acceptors (Lipinski definition) is 5. The molecule has 2 fully saturated rings. The summed E-state index contributed by atoms with van der Waals surface area (Å²) in [7, 11) is 0. The molecule has 10 atom stereocenters. The molecule has 410 valence electrons. The third kappa shape index (κ3) is 7.25. The van der Waals surface area contributed by atoms with E-state index in [0.717, 1.165) is 70.6 Å². The number of furan rings is 1. The first kappa shape index (κ1) is 49.3. The predicted molar refractivity (Wildman–Crippen MR) is 339 cm³/mol. The van der Waals surface area contributed by atoms with Crippen molar-refractivity contribution in [1.82, 2.24) is 0 Å². The van der Waals surface area contributed by atoms with Crippen LogP contribution in [0.4, 0.5) is 22.7 Å². The highest BCUT2D eigenvalue weighted by molar-refractivity contribution is 6.14. The van der Waals surface area contributed by atoms with Gasteiger partial charge in [-0.15, -0.1) is 0 Å². The van der Waals surface area contributed by atoms with Crippen LogP contribution in [0, 0.1) is 34.0 Å².